The second kappa shape index (κ2) is 8.59. The fraction of sp³-hybridized carbons (Fsp3) is 0.368. The second-order valence-corrected chi connectivity index (χ2v) is 6.36. The van der Waals surface area contributed by atoms with Crippen molar-refractivity contribution in [2.75, 3.05) is 20.2 Å². The molecule has 1 aromatic heterocycles. The second-order valence-electron chi connectivity index (χ2n) is 6.36. The van der Waals surface area contributed by atoms with E-state index in [0.29, 0.717) is 18.7 Å². The maximum Gasteiger partial charge on any atom is 0.271 e. The summed E-state index contributed by atoms with van der Waals surface area (Å²) in [5, 5.41) is 13.1. The van der Waals surface area contributed by atoms with Gasteiger partial charge in [0.15, 0.2) is 0 Å². The van der Waals surface area contributed by atoms with Crippen molar-refractivity contribution in [1.29, 1.82) is 0 Å². The molecule has 0 saturated carbocycles. The van der Waals surface area contributed by atoms with Crippen LogP contribution >= 0.6 is 0 Å². The Balaban J connectivity index is 1.56. The summed E-state index contributed by atoms with van der Waals surface area (Å²) in [5.41, 5.74) is 0.997. The molecule has 1 saturated heterocycles. The number of methoxy groups -OCH3 is 1. The standard InChI is InChI=1S/C19H22N4O4/c1-27-17-5-3-2-4-13(17)10-18(25)23-9-6-14(16(24)12-23)22-19(26)15-11-20-7-8-21-15/h2-5,7-8,11,14,16,24H,6,9-10,12H2,1H3,(H,22,26)/t14-,16-/m1/s1. The molecule has 2 amide bonds. The van der Waals surface area contributed by atoms with Gasteiger partial charge in [0.1, 0.15) is 11.4 Å². The van der Waals surface area contributed by atoms with Crippen molar-refractivity contribution >= 4 is 11.8 Å². The topological polar surface area (TPSA) is 105 Å². The van der Waals surface area contributed by atoms with Crippen LogP contribution in [0.25, 0.3) is 0 Å². The lowest BCUT2D eigenvalue weighted by Crippen LogP contribution is -2.55. The molecular formula is C19H22N4O4. The number of aliphatic hydroxyl groups is 1. The molecule has 0 unspecified atom stereocenters. The Labute approximate surface area is 157 Å². The number of aliphatic hydroxyl groups excluding tert-OH is 1. The number of rotatable bonds is 5. The number of hydrogen-bond acceptors (Lipinski definition) is 6. The van der Waals surface area contributed by atoms with Gasteiger partial charge >= 0.3 is 0 Å². The third kappa shape index (κ3) is 4.59. The molecule has 8 heteroatoms. The molecule has 142 valence electrons. The molecule has 2 aromatic rings. The number of carbonyl (C=O) groups is 2. The number of nitrogens with one attached hydrogen (secondary N) is 1. The Morgan fingerprint density at radius 2 is 2.15 bits per heavy atom. The van der Waals surface area contributed by atoms with Crippen molar-refractivity contribution in [3.8, 4) is 5.75 Å². The number of likely N-dealkylation sites (tertiary alicyclic amines) is 1. The highest BCUT2D eigenvalue weighted by atomic mass is 16.5. The molecule has 1 aromatic carbocycles. The number of hydrogen-bond donors (Lipinski definition) is 2. The van der Waals surface area contributed by atoms with Crippen LogP contribution in [0.3, 0.4) is 0 Å². The Kier molecular flexibility index (Phi) is 5.97. The van der Waals surface area contributed by atoms with Gasteiger partial charge in [-0.2, -0.15) is 0 Å². The summed E-state index contributed by atoms with van der Waals surface area (Å²) in [5.74, 6) is 0.190. The number of amides is 2. The van der Waals surface area contributed by atoms with Crippen molar-refractivity contribution in [2.24, 2.45) is 0 Å². The minimum Gasteiger partial charge on any atom is -0.496 e. The first-order chi connectivity index (χ1) is 13.1. The summed E-state index contributed by atoms with van der Waals surface area (Å²) < 4.78 is 5.28. The smallest absolute Gasteiger partial charge is 0.271 e. The van der Waals surface area contributed by atoms with E-state index < -0.39 is 12.1 Å². The molecule has 2 atom stereocenters. The van der Waals surface area contributed by atoms with Crippen LogP contribution in [0.5, 0.6) is 5.75 Å². The summed E-state index contributed by atoms with van der Waals surface area (Å²) >= 11 is 0. The monoisotopic (exact) mass is 370 g/mol. The largest absolute Gasteiger partial charge is 0.496 e. The van der Waals surface area contributed by atoms with Crippen LogP contribution in [0.2, 0.25) is 0 Å². The number of para-hydroxylation sites is 1. The van der Waals surface area contributed by atoms with E-state index in [1.807, 2.05) is 24.3 Å². The maximum absolute atomic E-state index is 12.6. The summed E-state index contributed by atoms with van der Waals surface area (Å²) in [6.45, 7) is 0.621. The van der Waals surface area contributed by atoms with Crippen LogP contribution in [-0.4, -0.2) is 64.1 Å². The van der Waals surface area contributed by atoms with Gasteiger partial charge in [0, 0.05) is 31.0 Å². The molecule has 27 heavy (non-hydrogen) atoms. The summed E-state index contributed by atoms with van der Waals surface area (Å²) in [4.78, 5) is 34.2. The third-order valence-electron chi connectivity index (χ3n) is 4.58. The molecule has 1 fully saturated rings. The van der Waals surface area contributed by atoms with E-state index in [-0.39, 0.29) is 30.5 Å². The van der Waals surface area contributed by atoms with E-state index >= 15 is 0 Å². The zero-order chi connectivity index (χ0) is 19.2. The number of ether oxygens (including phenoxy) is 1. The average Bonchev–Trinajstić information content (AvgIpc) is 2.70. The zero-order valence-electron chi connectivity index (χ0n) is 15.0. The number of carbonyl (C=O) groups excluding carboxylic acids is 2. The Morgan fingerprint density at radius 3 is 2.85 bits per heavy atom. The lowest BCUT2D eigenvalue weighted by Gasteiger charge is -2.36. The van der Waals surface area contributed by atoms with E-state index in [0.717, 1.165) is 5.56 Å². The Bertz CT molecular complexity index is 799. The zero-order valence-corrected chi connectivity index (χ0v) is 15.0. The molecule has 2 N–H and O–H groups in total. The van der Waals surface area contributed by atoms with Gasteiger partial charge in [-0.3, -0.25) is 14.6 Å². The van der Waals surface area contributed by atoms with Gasteiger partial charge in [-0.1, -0.05) is 18.2 Å². The van der Waals surface area contributed by atoms with Gasteiger partial charge in [0.05, 0.1) is 31.9 Å². The number of nitrogens with zero attached hydrogens (tertiary/aromatic N) is 3. The Hall–Kier alpha value is -3.00. The van der Waals surface area contributed by atoms with Crippen molar-refractivity contribution < 1.29 is 19.4 Å². The van der Waals surface area contributed by atoms with Crippen molar-refractivity contribution in [1.82, 2.24) is 20.2 Å². The van der Waals surface area contributed by atoms with Crippen molar-refractivity contribution in [3.63, 3.8) is 0 Å². The van der Waals surface area contributed by atoms with Crippen LogP contribution in [0.4, 0.5) is 0 Å². The highest BCUT2D eigenvalue weighted by Crippen LogP contribution is 2.20. The molecule has 0 spiro atoms. The van der Waals surface area contributed by atoms with E-state index in [1.54, 1.807) is 12.0 Å². The first kappa shape index (κ1) is 18.8. The number of piperidine rings is 1. The van der Waals surface area contributed by atoms with E-state index in [2.05, 4.69) is 15.3 Å². The molecule has 0 bridgehead atoms. The average molecular weight is 370 g/mol. The summed E-state index contributed by atoms with van der Waals surface area (Å²) in [6, 6.07) is 6.93. The maximum atomic E-state index is 12.6. The fourth-order valence-electron chi connectivity index (χ4n) is 3.11. The highest BCUT2D eigenvalue weighted by Gasteiger charge is 2.31. The SMILES string of the molecule is COc1ccccc1CC(=O)N1CC[C@@H](NC(=O)c2cnccn2)[C@H](O)C1. The summed E-state index contributed by atoms with van der Waals surface area (Å²) in [6.07, 6.45) is 4.11. The van der Waals surface area contributed by atoms with Crippen LogP contribution in [0.15, 0.2) is 42.9 Å². The molecule has 1 aliphatic rings. The van der Waals surface area contributed by atoms with E-state index in [4.69, 9.17) is 4.74 Å². The highest BCUT2D eigenvalue weighted by molar-refractivity contribution is 5.92. The van der Waals surface area contributed by atoms with Crippen molar-refractivity contribution in [3.05, 3.63) is 54.1 Å². The molecule has 0 aliphatic carbocycles. The third-order valence-corrected chi connectivity index (χ3v) is 4.58. The quantitative estimate of drug-likeness (QED) is 0.790. The molecule has 0 radical (unpaired) electrons. The van der Waals surface area contributed by atoms with Gasteiger partial charge in [-0.25, -0.2) is 4.98 Å². The van der Waals surface area contributed by atoms with Crippen LogP contribution in [0.1, 0.15) is 22.5 Å². The molecule has 1 aliphatic heterocycles. The normalized spacial score (nSPS) is 19.4. The fourth-order valence-corrected chi connectivity index (χ4v) is 3.11. The van der Waals surface area contributed by atoms with Crippen LogP contribution in [-0.2, 0) is 11.2 Å². The number of benzene rings is 1. The molecular weight excluding hydrogens is 348 g/mol. The lowest BCUT2D eigenvalue weighted by molar-refractivity contribution is -0.134. The first-order valence-corrected chi connectivity index (χ1v) is 8.73. The van der Waals surface area contributed by atoms with E-state index in [9.17, 15) is 14.7 Å². The number of β-amino-alcohol motifs (C(OH)–C–C–N with tert-alkyl or cyclic N) is 1. The predicted octanol–water partition coefficient (Wildman–Crippen LogP) is 0.419. The number of aromatic nitrogens is 2. The molecule has 8 nitrogen and oxygen atoms in total. The lowest BCUT2D eigenvalue weighted by atomic mass is 10.0. The van der Waals surface area contributed by atoms with Crippen molar-refractivity contribution in [2.45, 2.75) is 25.0 Å². The Morgan fingerprint density at radius 1 is 1.33 bits per heavy atom. The summed E-state index contributed by atoms with van der Waals surface area (Å²) in [7, 11) is 1.57. The minimum atomic E-state index is -0.846. The van der Waals surface area contributed by atoms with Gasteiger partial charge in [-0.15, -0.1) is 0 Å². The molecule has 3 rings (SSSR count). The minimum absolute atomic E-state index is 0.0859. The van der Waals surface area contributed by atoms with Gasteiger partial charge in [-0.05, 0) is 12.5 Å². The first-order valence-electron chi connectivity index (χ1n) is 8.73. The van der Waals surface area contributed by atoms with Crippen LogP contribution < -0.4 is 10.1 Å². The van der Waals surface area contributed by atoms with Gasteiger partial charge in [0.25, 0.3) is 5.91 Å². The molecule has 2 heterocycles. The van der Waals surface area contributed by atoms with Crippen LogP contribution in [0, 0.1) is 0 Å². The van der Waals surface area contributed by atoms with E-state index in [1.165, 1.54) is 18.6 Å². The predicted molar refractivity (Wildman–Crippen MR) is 97.2 cm³/mol. The van der Waals surface area contributed by atoms with Gasteiger partial charge < -0.3 is 20.1 Å². The van der Waals surface area contributed by atoms with Gasteiger partial charge in [0.2, 0.25) is 5.91 Å².